The zero-order valence-electron chi connectivity index (χ0n) is 13.8. The molecule has 0 saturated heterocycles. The van der Waals surface area contributed by atoms with Crippen LogP contribution in [0.2, 0.25) is 0 Å². The second-order valence-corrected chi connectivity index (χ2v) is 5.39. The van der Waals surface area contributed by atoms with Gasteiger partial charge >= 0.3 is 5.97 Å². The summed E-state index contributed by atoms with van der Waals surface area (Å²) in [4.78, 5) is 13.3. The molecule has 0 saturated carbocycles. The van der Waals surface area contributed by atoms with Gasteiger partial charge in [0.25, 0.3) is 0 Å². The molecule has 0 aliphatic rings. The van der Waals surface area contributed by atoms with Crippen molar-refractivity contribution in [2.75, 3.05) is 18.6 Å². The summed E-state index contributed by atoms with van der Waals surface area (Å²) >= 11 is 0. The number of esters is 1. The van der Waals surface area contributed by atoms with Gasteiger partial charge in [-0.2, -0.15) is 5.26 Å². The van der Waals surface area contributed by atoms with E-state index in [-0.39, 0.29) is 12.2 Å². The molecule has 0 aliphatic carbocycles. The third-order valence-electron chi connectivity index (χ3n) is 3.71. The molecule has 2 aromatic carbocycles. The monoisotopic (exact) mass is 336 g/mol. The first kappa shape index (κ1) is 18.0. The minimum atomic E-state index is -0.406. The van der Waals surface area contributed by atoms with Crippen LogP contribution in [0.25, 0.3) is 0 Å². The standard InChI is InChI=1S/C20H17FN2O2/c1-3-10-23(14-15-4-7-18(21)8-5-15)19-9-6-16(12-20(24)25-2)17(11-19)13-22/h1,4-9,11H,10,12,14H2,2H3. The van der Waals surface area contributed by atoms with Crippen LogP contribution in [0, 0.1) is 29.5 Å². The molecule has 2 rings (SSSR count). The number of rotatable bonds is 6. The lowest BCUT2D eigenvalue weighted by atomic mass is 10.0. The van der Waals surface area contributed by atoms with Gasteiger partial charge in [0.05, 0.1) is 31.7 Å². The Morgan fingerprint density at radius 2 is 2.00 bits per heavy atom. The maximum Gasteiger partial charge on any atom is 0.310 e. The molecule has 0 spiro atoms. The number of methoxy groups -OCH3 is 1. The van der Waals surface area contributed by atoms with E-state index in [1.807, 2.05) is 4.90 Å². The average molecular weight is 336 g/mol. The van der Waals surface area contributed by atoms with Crippen LogP contribution < -0.4 is 4.90 Å². The first-order valence-corrected chi connectivity index (χ1v) is 7.60. The van der Waals surface area contributed by atoms with Crippen molar-refractivity contribution >= 4 is 11.7 Å². The predicted molar refractivity (Wildman–Crippen MR) is 93.2 cm³/mol. The SMILES string of the molecule is C#CCN(Cc1ccc(F)cc1)c1ccc(CC(=O)OC)c(C#N)c1. The number of halogens is 1. The van der Waals surface area contributed by atoms with Crippen LogP contribution in [0.15, 0.2) is 42.5 Å². The van der Waals surface area contributed by atoms with Crippen LogP contribution in [0.4, 0.5) is 10.1 Å². The molecular weight excluding hydrogens is 319 g/mol. The van der Waals surface area contributed by atoms with Crippen molar-refractivity contribution in [1.82, 2.24) is 0 Å². The number of carbonyl (C=O) groups is 1. The summed E-state index contributed by atoms with van der Waals surface area (Å²) in [5.74, 6) is 1.88. The molecule has 2 aromatic rings. The van der Waals surface area contributed by atoms with Gasteiger partial charge in [-0.05, 0) is 35.4 Å². The van der Waals surface area contributed by atoms with E-state index in [1.54, 1.807) is 30.3 Å². The first-order valence-electron chi connectivity index (χ1n) is 7.60. The van der Waals surface area contributed by atoms with Gasteiger partial charge < -0.3 is 9.64 Å². The summed E-state index contributed by atoms with van der Waals surface area (Å²) in [6.45, 7) is 0.810. The van der Waals surface area contributed by atoms with E-state index in [9.17, 15) is 14.4 Å². The minimum Gasteiger partial charge on any atom is -0.469 e. The molecular formula is C20H17FN2O2. The first-order chi connectivity index (χ1) is 12.1. The van der Waals surface area contributed by atoms with Crippen molar-refractivity contribution in [1.29, 1.82) is 5.26 Å². The Kier molecular flexibility index (Phi) is 6.14. The number of ether oxygens (including phenoxy) is 1. The van der Waals surface area contributed by atoms with Gasteiger partial charge in [0.1, 0.15) is 5.82 Å². The Morgan fingerprint density at radius 3 is 2.60 bits per heavy atom. The molecule has 25 heavy (non-hydrogen) atoms. The minimum absolute atomic E-state index is 0.0345. The normalized spacial score (nSPS) is 9.76. The van der Waals surface area contributed by atoms with E-state index < -0.39 is 5.97 Å². The molecule has 0 aromatic heterocycles. The molecule has 5 heteroatoms. The van der Waals surface area contributed by atoms with Crippen LogP contribution in [0.3, 0.4) is 0 Å². The fraction of sp³-hybridized carbons (Fsp3) is 0.200. The highest BCUT2D eigenvalue weighted by Gasteiger charge is 2.12. The van der Waals surface area contributed by atoms with Crippen LogP contribution in [-0.2, 0) is 22.5 Å². The lowest BCUT2D eigenvalue weighted by Gasteiger charge is -2.23. The summed E-state index contributed by atoms with van der Waals surface area (Å²) in [6, 6.07) is 13.5. The number of carbonyl (C=O) groups excluding carboxylic acids is 1. The van der Waals surface area contributed by atoms with Crippen molar-refractivity contribution in [3.8, 4) is 18.4 Å². The van der Waals surface area contributed by atoms with Crippen molar-refractivity contribution in [2.45, 2.75) is 13.0 Å². The summed E-state index contributed by atoms with van der Waals surface area (Å²) in [7, 11) is 1.31. The summed E-state index contributed by atoms with van der Waals surface area (Å²) < 4.78 is 17.7. The highest BCUT2D eigenvalue weighted by Crippen LogP contribution is 2.22. The Balaban J connectivity index is 2.28. The summed E-state index contributed by atoms with van der Waals surface area (Å²) in [6.07, 6.45) is 5.49. The number of nitrogens with zero attached hydrogens (tertiary/aromatic N) is 2. The molecule has 4 nitrogen and oxygen atoms in total. The van der Waals surface area contributed by atoms with Crippen LogP contribution in [0.1, 0.15) is 16.7 Å². The van der Waals surface area contributed by atoms with Gasteiger partial charge in [-0.3, -0.25) is 4.79 Å². The summed E-state index contributed by atoms with van der Waals surface area (Å²) in [5.41, 5.74) is 2.64. The number of hydrogen-bond acceptors (Lipinski definition) is 4. The molecule has 126 valence electrons. The molecule has 0 atom stereocenters. The molecule has 0 amide bonds. The van der Waals surface area contributed by atoms with E-state index in [2.05, 4.69) is 16.7 Å². The molecule has 0 radical (unpaired) electrons. The maximum atomic E-state index is 13.1. The lowest BCUT2D eigenvalue weighted by Crippen LogP contribution is -2.23. The van der Waals surface area contributed by atoms with Crippen molar-refractivity contribution in [2.24, 2.45) is 0 Å². The van der Waals surface area contributed by atoms with Crippen molar-refractivity contribution in [3.63, 3.8) is 0 Å². The van der Waals surface area contributed by atoms with Crippen LogP contribution in [0.5, 0.6) is 0 Å². The summed E-state index contributed by atoms with van der Waals surface area (Å²) in [5, 5.41) is 9.36. The second-order valence-electron chi connectivity index (χ2n) is 5.39. The zero-order chi connectivity index (χ0) is 18.2. The number of hydrogen-bond donors (Lipinski definition) is 0. The van der Waals surface area contributed by atoms with Gasteiger partial charge in [-0.1, -0.05) is 24.1 Å². The van der Waals surface area contributed by atoms with Crippen LogP contribution >= 0.6 is 0 Å². The van der Waals surface area contributed by atoms with E-state index in [1.165, 1.54) is 19.2 Å². The van der Waals surface area contributed by atoms with Gasteiger partial charge in [-0.15, -0.1) is 6.42 Å². The van der Waals surface area contributed by atoms with Gasteiger partial charge in [0, 0.05) is 12.2 Å². The molecule has 0 N–H and O–H groups in total. The van der Waals surface area contributed by atoms with E-state index >= 15 is 0 Å². The molecule has 0 fully saturated rings. The Morgan fingerprint density at radius 1 is 1.28 bits per heavy atom. The molecule has 0 unspecified atom stereocenters. The van der Waals surface area contributed by atoms with Gasteiger partial charge in [-0.25, -0.2) is 4.39 Å². The highest BCUT2D eigenvalue weighted by atomic mass is 19.1. The lowest BCUT2D eigenvalue weighted by molar-refractivity contribution is -0.139. The average Bonchev–Trinajstić information content (AvgIpc) is 2.63. The van der Waals surface area contributed by atoms with E-state index in [0.29, 0.717) is 24.2 Å². The Labute approximate surface area is 146 Å². The Bertz CT molecular complexity index is 832. The van der Waals surface area contributed by atoms with E-state index in [4.69, 9.17) is 6.42 Å². The largest absolute Gasteiger partial charge is 0.469 e. The van der Waals surface area contributed by atoms with Crippen molar-refractivity contribution < 1.29 is 13.9 Å². The third kappa shape index (κ3) is 4.83. The topological polar surface area (TPSA) is 53.3 Å². The number of nitriles is 1. The van der Waals surface area contributed by atoms with Crippen molar-refractivity contribution in [3.05, 3.63) is 65.0 Å². The van der Waals surface area contributed by atoms with E-state index in [0.717, 1.165) is 11.3 Å². The Hall–Kier alpha value is -3.31. The van der Waals surface area contributed by atoms with Gasteiger partial charge in [0.2, 0.25) is 0 Å². The third-order valence-corrected chi connectivity index (χ3v) is 3.71. The van der Waals surface area contributed by atoms with Gasteiger partial charge in [0.15, 0.2) is 0 Å². The molecule has 0 bridgehead atoms. The zero-order valence-corrected chi connectivity index (χ0v) is 13.8. The highest BCUT2D eigenvalue weighted by molar-refractivity contribution is 5.74. The predicted octanol–water partition coefficient (Wildman–Crippen LogP) is 3.05. The number of anilines is 1. The fourth-order valence-electron chi connectivity index (χ4n) is 2.41. The van der Waals surface area contributed by atoms with Crippen LogP contribution in [-0.4, -0.2) is 19.6 Å². The smallest absolute Gasteiger partial charge is 0.310 e. The number of terminal acetylenes is 1. The second kappa shape index (κ2) is 8.52. The quantitative estimate of drug-likeness (QED) is 0.601. The molecule has 0 aliphatic heterocycles. The molecule has 0 heterocycles. The fourth-order valence-corrected chi connectivity index (χ4v) is 2.41. The maximum absolute atomic E-state index is 13.1. The number of benzene rings is 2.